The summed E-state index contributed by atoms with van der Waals surface area (Å²) in [5.74, 6) is -1.58. The van der Waals surface area contributed by atoms with Crippen LogP contribution >= 0.6 is 34.8 Å². The van der Waals surface area contributed by atoms with Crippen molar-refractivity contribution in [2.24, 2.45) is 0 Å². The standard InChI is InChI=1S/C14H9Cl3F2O/c15-9-2-1-3-10(16)7(9)5-14(20)8-4-13(19)11(17)6-12(8)18/h1-4,6,14,20H,5H2. The first-order valence-corrected chi connectivity index (χ1v) is 6.79. The van der Waals surface area contributed by atoms with E-state index in [-0.39, 0.29) is 17.0 Å². The molecule has 6 heteroatoms. The summed E-state index contributed by atoms with van der Waals surface area (Å²) in [6.45, 7) is 0. The minimum atomic E-state index is -1.28. The van der Waals surface area contributed by atoms with E-state index in [1.807, 2.05) is 0 Å². The Labute approximate surface area is 129 Å². The van der Waals surface area contributed by atoms with Crippen molar-refractivity contribution >= 4 is 34.8 Å². The van der Waals surface area contributed by atoms with Gasteiger partial charge >= 0.3 is 0 Å². The Balaban J connectivity index is 2.33. The predicted octanol–water partition coefficient (Wildman–Crippen LogP) is 5.20. The van der Waals surface area contributed by atoms with Gasteiger partial charge in [0.2, 0.25) is 0 Å². The van der Waals surface area contributed by atoms with E-state index in [9.17, 15) is 13.9 Å². The van der Waals surface area contributed by atoms with Gasteiger partial charge in [-0.05, 0) is 29.8 Å². The van der Waals surface area contributed by atoms with Crippen LogP contribution in [0.25, 0.3) is 0 Å². The van der Waals surface area contributed by atoms with E-state index in [1.54, 1.807) is 18.2 Å². The Morgan fingerprint density at radius 3 is 2.15 bits per heavy atom. The van der Waals surface area contributed by atoms with E-state index < -0.39 is 17.7 Å². The maximum atomic E-state index is 13.7. The minimum absolute atomic E-state index is 0.0313. The Hall–Kier alpha value is -0.870. The quantitative estimate of drug-likeness (QED) is 0.763. The molecule has 2 rings (SSSR count). The fourth-order valence-electron chi connectivity index (χ4n) is 1.82. The molecule has 0 radical (unpaired) electrons. The molecule has 2 aromatic carbocycles. The average Bonchev–Trinajstić information content (AvgIpc) is 2.38. The zero-order chi connectivity index (χ0) is 14.9. The molecule has 106 valence electrons. The molecule has 1 N–H and O–H groups in total. The second kappa shape index (κ2) is 6.27. The average molecular weight is 338 g/mol. The number of rotatable bonds is 3. The lowest BCUT2D eigenvalue weighted by atomic mass is 10.0. The van der Waals surface area contributed by atoms with Crippen LogP contribution in [-0.4, -0.2) is 5.11 Å². The summed E-state index contributed by atoms with van der Waals surface area (Å²) < 4.78 is 27.1. The lowest BCUT2D eigenvalue weighted by Crippen LogP contribution is -2.06. The van der Waals surface area contributed by atoms with Crippen LogP contribution in [0.15, 0.2) is 30.3 Å². The van der Waals surface area contributed by atoms with E-state index in [2.05, 4.69) is 0 Å². The Morgan fingerprint density at radius 2 is 1.55 bits per heavy atom. The third kappa shape index (κ3) is 3.23. The second-order valence-corrected chi connectivity index (χ2v) is 5.43. The topological polar surface area (TPSA) is 20.2 Å². The van der Waals surface area contributed by atoms with Crippen LogP contribution in [0.5, 0.6) is 0 Å². The molecule has 0 saturated heterocycles. The highest BCUT2D eigenvalue weighted by atomic mass is 35.5. The summed E-state index contributed by atoms with van der Waals surface area (Å²) in [5.41, 5.74) is 0.279. The largest absolute Gasteiger partial charge is 0.388 e. The van der Waals surface area contributed by atoms with E-state index in [4.69, 9.17) is 34.8 Å². The normalized spacial score (nSPS) is 12.5. The fourth-order valence-corrected chi connectivity index (χ4v) is 2.53. The molecule has 2 aromatic rings. The summed E-state index contributed by atoms with van der Waals surface area (Å²) in [6.07, 6.45) is -1.31. The number of benzene rings is 2. The Kier molecular flexibility index (Phi) is 4.86. The molecule has 0 aliphatic carbocycles. The molecule has 0 heterocycles. The molecule has 0 bridgehead atoms. The molecule has 1 unspecified atom stereocenters. The van der Waals surface area contributed by atoms with Gasteiger partial charge in [0.15, 0.2) is 0 Å². The van der Waals surface area contributed by atoms with Crippen LogP contribution in [-0.2, 0) is 6.42 Å². The van der Waals surface area contributed by atoms with Gasteiger partial charge in [-0.1, -0.05) is 40.9 Å². The van der Waals surface area contributed by atoms with E-state index >= 15 is 0 Å². The summed E-state index contributed by atoms with van der Waals surface area (Å²) in [5, 5.41) is 10.4. The molecule has 0 aliphatic rings. The van der Waals surface area contributed by atoms with Gasteiger partial charge in [-0.25, -0.2) is 8.78 Å². The molecule has 0 aliphatic heterocycles. The highest BCUT2D eigenvalue weighted by molar-refractivity contribution is 6.36. The predicted molar refractivity (Wildman–Crippen MR) is 76.5 cm³/mol. The lowest BCUT2D eigenvalue weighted by Gasteiger charge is -2.14. The maximum absolute atomic E-state index is 13.7. The number of hydrogen-bond acceptors (Lipinski definition) is 1. The van der Waals surface area contributed by atoms with Crippen LogP contribution in [0.3, 0.4) is 0 Å². The molecule has 0 spiro atoms. The number of halogens is 5. The van der Waals surface area contributed by atoms with Gasteiger partial charge in [-0.2, -0.15) is 0 Å². The second-order valence-electron chi connectivity index (χ2n) is 4.21. The van der Waals surface area contributed by atoms with E-state index in [0.29, 0.717) is 15.6 Å². The van der Waals surface area contributed by atoms with Crippen molar-refractivity contribution in [3.63, 3.8) is 0 Å². The summed E-state index contributed by atoms with van der Waals surface area (Å²) in [4.78, 5) is 0. The van der Waals surface area contributed by atoms with Crippen molar-refractivity contribution in [2.45, 2.75) is 12.5 Å². The first-order chi connectivity index (χ1) is 9.40. The van der Waals surface area contributed by atoms with Crippen molar-refractivity contribution < 1.29 is 13.9 Å². The summed E-state index contributed by atoms with van der Waals surface area (Å²) in [7, 11) is 0. The molecule has 20 heavy (non-hydrogen) atoms. The van der Waals surface area contributed by atoms with Crippen LogP contribution < -0.4 is 0 Å². The van der Waals surface area contributed by atoms with E-state index in [0.717, 1.165) is 12.1 Å². The van der Waals surface area contributed by atoms with Crippen LogP contribution in [0.2, 0.25) is 15.1 Å². The first kappa shape index (κ1) is 15.5. The molecule has 1 atom stereocenters. The monoisotopic (exact) mass is 336 g/mol. The third-order valence-electron chi connectivity index (χ3n) is 2.86. The van der Waals surface area contributed by atoms with Crippen molar-refractivity contribution in [3.05, 3.63) is 68.2 Å². The number of hydrogen-bond donors (Lipinski definition) is 1. The van der Waals surface area contributed by atoms with Gasteiger partial charge < -0.3 is 5.11 Å². The number of aliphatic hydroxyl groups is 1. The minimum Gasteiger partial charge on any atom is -0.388 e. The van der Waals surface area contributed by atoms with Crippen molar-refractivity contribution in [1.82, 2.24) is 0 Å². The molecule has 0 aromatic heterocycles. The summed E-state index contributed by atoms with van der Waals surface area (Å²) in [6, 6.07) is 6.56. The van der Waals surface area contributed by atoms with Gasteiger partial charge in [0.05, 0.1) is 11.1 Å². The maximum Gasteiger partial charge on any atom is 0.142 e. The highest BCUT2D eigenvalue weighted by Gasteiger charge is 2.19. The van der Waals surface area contributed by atoms with Gasteiger partial charge in [0.25, 0.3) is 0 Å². The molecule has 0 amide bonds. The molecule has 1 nitrogen and oxygen atoms in total. The molecular weight excluding hydrogens is 329 g/mol. The SMILES string of the molecule is OC(Cc1c(Cl)cccc1Cl)c1cc(F)c(Cl)cc1F. The smallest absolute Gasteiger partial charge is 0.142 e. The Morgan fingerprint density at radius 1 is 0.950 bits per heavy atom. The van der Waals surface area contributed by atoms with Crippen LogP contribution in [0.1, 0.15) is 17.2 Å². The van der Waals surface area contributed by atoms with Crippen molar-refractivity contribution in [1.29, 1.82) is 0 Å². The third-order valence-corrected chi connectivity index (χ3v) is 3.86. The summed E-state index contributed by atoms with van der Waals surface area (Å²) >= 11 is 17.4. The molecular formula is C14H9Cl3F2O. The van der Waals surface area contributed by atoms with Crippen molar-refractivity contribution in [3.8, 4) is 0 Å². The van der Waals surface area contributed by atoms with E-state index in [1.165, 1.54) is 0 Å². The number of aliphatic hydroxyl groups excluding tert-OH is 1. The zero-order valence-electron chi connectivity index (χ0n) is 10.0. The highest BCUT2D eigenvalue weighted by Crippen LogP contribution is 2.31. The molecule has 0 saturated carbocycles. The molecule has 0 fully saturated rings. The Bertz CT molecular complexity index is 626. The van der Waals surface area contributed by atoms with Gasteiger partial charge in [0.1, 0.15) is 11.6 Å². The zero-order valence-corrected chi connectivity index (χ0v) is 12.3. The van der Waals surface area contributed by atoms with Gasteiger partial charge in [-0.15, -0.1) is 0 Å². The van der Waals surface area contributed by atoms with Gasteiger partial charge in [-0.3, -0.25) is 0 Å². The van der Waals surface area contributed by atoms with Crippen LogP contribution in [0, 0.1) is 11.6 Å². The first-order valence-electron chi connectivity index (χ1n) is 5.65. The van der Waals surface area contributed by atoms with Crippen molar-refractivity contribution in [2.75, 3.05) is 0 Å². The lowest BCUT2D eigenvalue weighted by molar-refractivity contribution is 0.173. The van der Waals surface area contributed by atoms with Crippen LogP contribution in [0.4, 0.5) is 8.78 Å². The van der Waals surface area contributed by atoms with Gasteiger partial charge in [0, 0.05) is 22.0 Å². The fraction of sp³-hybridized carbons (Fsp3) is 0.143.